The van der Waals surface area contributed by atoms with Crippen LogP contribution in [0.5, 0.6) is 0 Å². The van der Waals surface area contributed by atoms with Crippen molar-refractivity contribution in [2.24, 2.45) is 5.92 Å². The van der Waals surface area contributed by atoms with E-state index < -0.39 is 97.5 Å². The third-order valence-corrected chi connectivity index (χ3v) is 19.4. The lowest BCUT2D eigenvalue weighted by Crippen LogP contribution is -2.30. The average Bonchev–Trinajstić information content (AvgIpc) is 1.26. The zero-order chi connectivity index (χ0) is 69.1. The van der Waals surface area contributed by atoms with Gasteiger partial charge in [0, 0.05) is 25.7 Å². The third-order valence-electron chi connectivity index (χ3n) is 17.5. The Morgan fingerprint density at radius 2 is 0.489 bits per heavy atom. The van der Waals surface area contributed by atoms with Crippen molar-refractivity contribution in [3.05, 3.63) is 0 Å². The van der Waals surface area contributed by atoms with Crippen LogP contribution in [0.25, 0.3) is 0 Å². The van der Waals surface area contributed by atoms with Crippen LogP contribution >= 0.6 is 15.6 Å². The Labute approximate surface area is 575 Å². The number of hydrogen-bond acceptors (Lipinski definition) is 15. The molecular weight excluding hydrogens is 1230 g/mol. The van der Waals surface area contributed by atoms with Crippen molar-refractivity contribution in [1.82, 2.24) is 0 Å². The van der Waals surface area contributed by atoms with Crippen LogP contribution in [-0.2, 0) is 65.4 Å². The van der Waals surface area contributed by atoms with Gasteiger partial charge in [0.05, 0.1) is 26.4 Å². The lowest BCUT2D eigenvalue weighted by Gasteiger charge is -2.21. The predicted octanol–water partition coefficient (Wildman–Crippen LogP) is 22.1. The fourth-order valence-corrected chi connectivity index (χ4v) is 13.1. The number of carbonyl (C=O) groups excluding carboxylic acids is 4. The van der Waals surface area contributed by atoms with E-state index in [4.69, 9.17) is 37.0 Å². The topological polar surface area (TPSA) is 237 Å². The minimum absolute atomic E-state index is 0.108. The molecule has 0 saturated carbocycles. The van der Waals surface area contributed by atoms with Crippen LogP contribution in [0.2, 0.25) is 0 Å². The summed E-state index contributed by atoms with van der Waals surface area (Å²) in [4.78, 5) is 72.8. The predicted molar refractivity (Wildman–Crippen MR) is 382 cm³/mol. The van der Waals surface area contributed by atoms with E-state index in [9.17, 15) is 43.2 Å². The summed E-state index contributed by atoms with van der Waals surface area (Å²) in [5, 5.41) is 10.6. The number of aliphatic hydroxyl groups excluding tert-OH is 1. The molecule has 0 saturated heterocycles. The fourth-order valence-electron chi connectivity index (χ4n) is 11.5. The van der Waals surface area contributed by atoms with Gasteiger partial charge in [0.25, 0.3) is 0 Å². The molecule has 0 aliphatic rings. The molecule has 0 bridgehead atoms. The van der Waals surface area contributed by atoms with Gasteiger partial charge in [-0.15, -0.1) is 0 Å². The molecule has 0 aromatic carbocycles. The SMILES string of the molecule is CCCCCCCCCCCCCCCCCCCC(=O)O[C@H](COC(=O)CCCCCCCCCCCCC(C)C)COP(=O)(O)OC[C@@H](O)COP(=O)(O)OC[C@@H](COC(=O)CCCCCCCCCCCCC)OC(=O)CCCCCCCCCCCCCCC. The molecule has 558 valence electrons. The summed E-state index contributed by atoms with van der Waals surface area (Å²) < 4.78 is 68.5. The number of aliphatic hydroxyl groups is 1. The lowest BCUT2D eigenvalue weighted by atomic mass is 10.0. The molecule has 0 radical (unpaired) electrons. The van der Waals surface area contributed by atoms with Crippen LogP contribution in [0.15, 0.2) is 0 Å². The summed E-state index contributed by atoms with van der Waals surface area (Å²) in [6, 6.07) is 0. The standard InChI is InChI=1S/C75H146O17P2/c1-6-9-12-15-18-21-24-26-27-28-29-31-34-41-46-51-56-61-75(80)92-71(65-86-73(78)59-54-49-44-39-36-35-37-42-47-52-57-68(4)5)67-90-94(83,84)88-63-69(76)62-87-93(81,82)89-66-70(64-85-72(77)58-53-48-43-38-32-23-20-17-14-11-8-3)91-74(79)60-55-50-45-40-33-30-25-22-19-16-13-10-7-2/h68-71,76H,6-67H2,1-5H3,(H,81,82)(H,83,84)/t69-,70+,71+/m0/s1. The molecule has 0 aliphatic carbocycles. The highest BCUT2D eigenvalue weighted by Crippen LogP contribution is 2.45. The minimum atomic E-state index is -4.96. The van der Waals surface area contributed by atoms with Gasteiger partial charge in [-0.25, -0.2) is 9.13 Å². The second-order valence-electron chi connectivity index (χ2n) is 27.5. The van der Waals surface area contributed by atoms with E-state index in [2.05, 4.69) is 34.6 Å². The molecule has 2 unspecified atom stereocenters. The number of rotatable bonds is 75. The molecule has 0 fully saturated rings. The largest absolute Gasteiger partial charge is 0.472 e. The molecule has 0 aromatic heterocycles. The normalized spacial score (nSPS) is 14.0. The average molecular weight is 1380 g/mol. The Hall–Kier alpha value is -1.94. The molecule has 0 amide bonds. The highest BCUT2D eigenvalue weighted by Gasteiger charge is 2.30. The number of phosphoric ester groups is 2. The van der Waals surface area contributed by atoms with Crippen LogP contribution in [-0.4, -0.2) is 96.7 Å². The second kappa shape index (κ2) is 68.2. The lowest BCUT2D eigenvalue weighted by molar-refractivity contribution is -0.161. The maximum Gasteiger partial charge on any atom is 0.472 e. The van der Waals surface area contributed by atoms with E-state index in [1.54, 1.807) is 0 Å². The number of esters is 4. The molecule has 0 aliphatic heterocycles. The monoisotopic (exact) mass is 1380 g/mol. The first kappa shape index (κ1) is 92.1. The first-order valence-electron chi connectivity index (χ1n) is 39.1. The zero-order valence-corrected chi connectivity index (χ0v) is 62.9. The van der Waals surface area contributed by atoms with Crippen LogP contribution in [0.3, 0.4) is 0 Å². The molecule has 94 heavy (non-hydrogen) atoms. The minimum Gasteiger partial charge on any atom is -0.462 e. The maximum absolute atomic E-state index is 13.1. The Kier molecular flexibility index (Phi) is 66.8. The van der Waals surface area contributed by atoms with Crippen LogP contribution in [0.4, 0.5) is 0 Å². The van der Waals surface area contributed by atoms with Crippen LogP contribution in [0, 0.1) is 5.92 Å². The molecule has 3 N–H and O–H groups in total. The highest BCUT2D eigenvalue weighted by atomic mass is 31.2. The summed E-state index contributed by atoms with van der Waals surface area (Å²) in [5.74, 6) is -1.35. The molecule has 0 aromatic rings. The zero-order valence-electron chi connectivity index (χ0n) is 61.1. The Morgan fingerprint density at radius 3 is 0.723 bits per heavy atom. The molecule has 5 atom stereocenters. The van der Waals surface area contributed by atoms with Gasteiger partial charge in [-0.05, 0) is 31.6 Å². The van der Waals surface area contributed by atoms with Crippen molar-refractivity contribution < 1.29 is 80.2 Å². The van der Waals surface area contributed by atoms with Gasteiger partial charge in [-0.2, -0.15) is 0 Å². The number of hydrogen-bond donors (Lipinski definition) is 3. The van der Waals surface area contributed by atoms with Gasteiger partial charge in [-0.3, -0.25) is 37.3 Å². The van der Waals surface area contributed by atoms with E-state index in [1.165, 1.54) is 218 Å². The fraction of sp³-hybridized carbons (Fsp3) is 0.947. The quantitative estimate of drug-likeness (QED) is 0.0222. The van der Waals surface area contributed by atoms with Gasteiger partial charge in [0.2, 0.25) is 0 Å². The van der Waals surface area contributed by atoms with E-state index >= 15 is 0 Å². The maximum atomic E-state index is 13.1. The van der Waals surface area contributed by atoms with Crippen molar-refractivity contribution in [1.29, 1.82) is 0 Å². The van der Waals surface area contributed by atoms with Crippen molar-refractivity contribution in [3.8, 4) is 0 Å². The van der Waals surface area contributed by atoms with E-state index in [0.29, 0.717) is 25.7 Å². The first-order valence-corrected chi connectivity index (χ1v) is 42.1. The van der Waals surface area contributed by atoms with E-state index in [1.807, 2.05) is 0 Å². The highest BCUT2D eigenvalue weighted by molar-refractivity contribution is 7.47. The van der Waals surface area contributed by atoms with Crippen molar-refractivity contribution >= 4 is 39.5 Å². The number of carbonyl (C=O) groups is 4. The summed E-state index contributed by atoms with van der Waals surface area (Å²) in [6.45, 7) is 7.29. The summed E-state index contributed by atoms with van der Waals surface area (Å²) in [6.07, 6.45) is 56.7. The third kappa shape index (κ3) is 68.6. The summed E-state index contributed by atoms with van der Waals surface area (Å²) in [7, 11) is -9.91. The van der Waals surface area contributed by atoms with E-state index in [0.717, 1.165) is 95.8 Å². The Morgan fingerprint density at radius 1 is 0.287 bits per heavy atom. The van der Waals surface area contributed by atoms with Crippen molar-refractivity contribution in [2.75, 3.05) is 39.6 Å². The van der Waals surface area contributed by atoms with Gasteiger partial charge < -0.3 is 33.8 Å². The molecule has 0 rings (SSSR count). The second-order valence-corrected chi connectivity index (χ2v) is 30.4. The van der Waals surface area contributed by atoms with Crippen LogP contribution < -0.4 is 0 Å². The van der Waals surface area contributed by atoms with E-state index in [-0.39, 0.29) is 25.7 Å². The van der Waals surface area contributed by atoms with Gasteiger partial charge in [-0.1, -0.05) is 343 Å². The molecule has 17 nitrogen and oxygen atoms in total. The number of phosphoric acid groups is 2. The molecular formula is C75H146O17P2. The van der Waals surface area contributed by atoms with Crippen LogP contribution in [0.1, 0.15) is 394 Å². The van der Waals surface area contributed by atoms with Gasteiger partial charge in [0.1, 0.15) is 19.3 Å². The molecule has 0 spiro atoms. The van der Waals surface area contributed by atoms with Gasteiger partial charge in [0.15, 0.2) is 12.2 Å². The molecule has 19 heteroatoms. The summed E-state index contributed by atoms with van der Waals surface area (Å²) in [5.41, 5.74) is 0. The number of unbranched alkanes of at least 4 members (excludes halogenated alkanes) is 47. The molecule has 0 heterocycles. The van der Waals surface area contributed by atoms with Crippen molar-refractivity contribution in [3.63, 3.8) is 0 Å². The Balaban J connectivity index is 5.25. The Bertz CT molecular complexity index is 1810. The smallest absolute Gasteiger partial charge is 0.462 e. The first-order chi connectivity index (χ1) is 45.5. The van der Waals surface area contributed by atoms with Gasteiger partial charge >= 0.3 is 39.5 Å². The number of ether oxygens (including phenoxy) is 4. The van der Waals surface area contributed by atoms with Crippen molar-refractivity contribution in [2.45, 2.75) is 412 Å². The summed E-state index contributed by atoms with van der Waals surface area (Å²) >= 11 is 0.